The zero-order valence-corrected chi connectivity index (χ0v) is 17.2. The van der Waals surface area contributed by atoms with Crippen LogP contribution >= 0.6 is 0 Å². The zero-order chi connectivity index (χ0) is 21.3. The highest BCUT2D eigenvalue weighted by Gasteiger charge is 2.53. The smallest absolute Gasteiger partial charge is 0.325 e. The van der Waals surface area contributed by atoms with Crippen LogP contribution in [-0.4, -0.2) is 53.4 Å². The van der Waals surface area contributed by atoms with E-state index in [1.807, 2.05) is 31.2 Å². The van der Waals surface area contributed by atoms with E-state index in [0.29, 0.717) is 30.7 Å². The lowest BCUT2D eigenvalue weighted by atomic mass is 9.88. The number of nitrogens with zero attached hydrogens (tertiary/aromatic N) is 2. The number of ether oxygens (including phenoxy) is 1. The number of methoxy groups -OCH3 is 1. The fourth-order valence-corrected chi connectivity index (χ4v) is 4.12. The number of urea groups is 1. The number of nitrogens with one attached hydrogen (secondary N) is 1. The highest BCUT2D eigenvalue weighted by Crippen LogP contribution is 2.30. The summed E-state index contributed by atoms with van der Waals surface area (Å²) in [4.78, 5) is 41.8. The minimum atomic E-state index is -1.05. The lowest BCUT2D eigenvalue weighted by molar-refractivity contribution is -0.133. The summed E-state index contributed by atoms with van der Waals surface area (Å²) in [7, 11) is 1.57. The molecule has 1 N–H and O–H groups in total. The van der Waals surface area contributed by atoms with Crippen LogP contribution in [0.5, 0.6) is 5.75 Å². The molecular weight excluding hydrogens is 382 g/mol. The van der Waals surface area contributed by atoms with Gasteiger partial charge in [0.25, 0.3) is 11.8 Å². The molecule has 4 rings (SSSR count). The maximum atomic E-state index is 13.2. The van der Waals surface area contributed by atoms with Crippen molar-refractivity contribution in [2.45, 2.75) is 31.8 Å². The second-order valence-electron chi connectivity index (χ2n) is 7.95. The lowest BCUT2D eigenvalue weighted by Crippen LogP contribution is -2.59. The molecule has 2 aromatic carbocycles. The van der Waals surface area contributed by atoms with Crippen LogP contribution in [-0.2, 0) is 11.3 Å². The van der Waals surface area contributed by atoms with Gasteiger partial charge in [0.2, 0.25) is 0 Å². The molecule has 0 aromatic heterocycles. The van der Waals surface area contributed by atoms with Gasteiger partial charge in [0, 0.05) is 12.1 Å². The van der Waals surface area contributed by atoms with Crippen LogP contribution in [0.4, 0.5) is 4.79 Å². The van der Waals surface area contributed by atoms with E-state index in [2.05, 4.69) is 5.32 Å². The average Bonchev–Trinajstić information content (AvgIpc) is 2.98. The molecular formula is C23H25N3O4. The molecule has 2 aliphatic heterocycles. The van der Waals surface area contributed by atoms with Crippen LogP contribution in [0.25, 0.3) is 0 Å². The number of hydrogen-bond acceptors (Lipinski definition) is 4. The molecule has 1 atom stereocenters. The maximum absolute atomic E-state index is 13.2. The predicted octanol–water partition coefficient (Wildman–Crippen LogP) is 2.73. The van der Waals surface area contributed by atoms with Gasteiger partial charge >= 0.3 is 6.03 Å². The summed E-state index contributed by atoms with van der Waals surface area (Å²) in [6.45, 7) is 2.93. The summed E-state index contributed by atoms with van der Waals surface area (Å²) < 4.78 is 5.14. The number of carbonyl (C=O) groups is 3. The summed E-state index contributed by atoms with van der Waals surface area (Å²) in [6.07, 6.45) is 1.17. The van der Waals surface area contributed by atoms with E-state index < -0.39 is 11.6 Å². The van der Waals surface area contributed by atoms with E-state index in [4.69, 9.17) is 4.74 Å². The van der Waals surface area contributed by atoms with Crippen LogP contribution in [0.2, 0.25) is 0 Å². The third-order valence-electron chi connectivity index (χ3n) is 5.82. The lowest BCUT2D eigenvalue weighted by Gasteiger charge is -2.38. The van der Waals surface area contributed by atoms with Crippen molar-refractivity contribution in [1.82, 2.24) is 15.1 Å². The van der Waals surface area contributed by atoms with E-state index in [-0.39, 0.29) is 24.9 Å². The Balaban J connectivity index is 1.50. The number of likely N-dealkylation sites (tertiary alicyclic amines) is 1. The number of piperidine rings is 1. The fraction of sp³-hybridized carbons (Fsp3) is 0.348. The molecule has 30 heavy (non-hydrogen) atoms. The maximum Gasteiger partial charge on any atom is 0.325 e. The van der Waals surface area contributed by atoms with E-state index in [0.717, 1.165) is 11.1 Å². The molecule has 156 valence electrons. The molecule has 4 amide bonds. The third kappa shape index (κ3) is 3.63. The van der Waals surface area contributed by atoms with Gasteiger partial charge in [0.15, 0.2) is 0 Å². The van der Waals surface area contributed by atoms with E-state index in [1.54, 1.807) is 36.3 Å². The Kier molecular flexibility index (Phi) is 5.20. The normalized spacial score (nSPS) is 21.1. The molecule has 2 aromatic rings. The van der Waals surface area contributed by atoms with E-state index in [9.17, 15) is 14.4 Å². The van der Waals surface area contributed by atoms with Gasteiger partial charge in [-0.1, -0.05) is 29.8 Å². The predicted molar refractivity (Wildman–Crippen MR) is 111 cm³/mol. The second-order valence-corrected chi connectivity index (χ2v) is 7.95. The van der Waals surface area contributed by atoms with Gasteiger partial charge in [-0.05, 0) is 49.6 Å². The van der Waals surface area contributed by atoms with Crippen molar-refractivity contribution in [3.05, 3.63) is 65.2 Å². The molecule has 0 unspecified atom stereocenters. The Morgan fingerprint density at radius 3 is 2.47 bits per heavy atom. The molecule has 0 saturated carbocycles. The molecule has 7 nitrogen and oxygen atoms in total. The number of hydrogen-bond donors (Lipinski definition) is 1. The van der Waals surface area contributed by atoms with Crippen molar-refractivity contribution in [2.24, 2.45) is 0 Å². The van der Waals surface area contributed by atoms with Crippen molar-refractivity contribution >= 4 is 17.8 Å². The minimum Gasteiger partial charge on any atom is -0.497 e. The van der Waals surface area contributed by atoms with Crippen LogP contribution in [0.15, 0.2) is 48.5 Å². The number of rotatable bonds is 4. The summed E-state index contributed by atoms with van der Waals surface area (Å²) in [5.41, 5.74) is 1.49. The quantitative estimate of drug-likeness (QED) is 0.791. The van der Waals surface area contributed by atoms with Crippen molar-refractivity contribution in [3.63, 3.8) is 0 Å². The molecule has 1 spiro atoms. The van der Waals surface area contributed by atoms with E-state index >= 15 is 0 Å². The standard InChI is InChI=1S/C23H25N3O4/c1-16-4-6-17(7-5-16)14-26-21(28)23(24-22(26)29)12-3-13-25(15-23)20(27)18-8-10-19(30-2)11-9-18/h4-11H,3,12-15H2,1-2H3,(H,24,29)/t23-/m1/s1. The summed E-state index contributed by atoms with van der Waals surface area (Å²) in [6, 6.07) is 14.2. The van der Waals surface area contributed by atoms with E-state index in [1.165, 1.54) is 4.90 Å². The fourth-order valence-electron chi connectivity index (χ4n) is 4.12. The Labute approximate surface area is 175 Å². The van der Waals surface area contributed by atoms with Gasteiger partial charge in [0.1, 0.15) is 11.3 Å². The SMILES string of the molecule is COc1ccc(C(=O)N2CCC[C@]3(C2)NC(=O)N(Cc2ccc(C)cc2)C3=O)cc1. The van der Waals surface area contributed by atoms with Gasteiger partial charge in [-0.15, -0.1) is 0 Å². The van der Waals surface area contributed by atoms with Gasteiger partial charge in [-0.25, -0.2) is 4.79 Å². The second kappa shape index (κ2) is 7.82. The van der Waals surface area contributed by atoms with Gasteiger partial charge in [-0.3, -0.25) is 14.5 Å². The first-order valence-corrected chi connectivity index (χ1v) is 10.0. The zero-order valence-electron chi connectivity index (χ0n) is 17.2. The molecule has 7 heteroatoms. The number of amides is 4. The summed E-state index contributed by atoms with van der Waals surface area (Å²) >= 11 is 0. The first kappa shape index (κ1) is 19.9. The van der Waals surface area contributed by atoms with Gasteiger partial charge < -0.3 is 15.0 Å². The molecule has 2 heterocycles. The largest absolute Gasteiger partial charge is 0.497 e. The number of aryl methyl sites for hydroxylation is 1. The number of benzene rings is 2. The Bertz CT molecular complexity index is 971. The molecule has 2 aliphatic rings. The monoisotopic (exact) mass is 407 g/mol. The van der Waals surface area contributed by atoms with Crippen molar-refractivity contribution in [2.75, 3.05) is 20.2 Å². The highest BCUT2D eigenvalue weighted by molar-refractivity contribution is 6.07. The third-order valence-corrected chi connectivity index (χ3v) is 5.82. The minimum absolute atomic E-state index is 0.157. The molecule has 0 aliphatic carbocycles. The molecule has 2 fully saturated rings. The van der Waals surface area contributed by atoms with Crippen LogP contribution in [0.3, 0.4) is 0 Å². The molecule has 2 saturated heterocycles. The number of carbonyl (C=O) groups excluding carboxylic acids is 3. The van der Waals surface area contributed by atoms with Crippen molar-refractivity contribution in [1.29, 1.82) is 0 Å². The molecule has 0 bridgehead atoms. The highest BCUT2D eigenvalue weighted by atomic mass is 16.5. The van der Waals surface area contributed by atoms with Crippen molar-refractivity contribution < 1.29 is 19.1 Å². The first-order valence-electron chi connectivity index (χ1n) is 10.0. The summed E-state index contributed by atoms with van der Waals surface area (Å²) in [5.74, 6) is 0.253. The Hall–Kier alpha value is -3.35. The van der Waals surface area contributed by atoms with Crippen LogP contribution in [0.1, 0.15) is 34.3 Å². The van der Waals surface area contributed by atoms with Crippen LogP contribution < -0.4 is 10.1 Å². The average molecular weight is 407 g/mol. The summed E-state index contributed by atoms with van der Waals surface area (Å²) in [5, 5.41) is 2.88. The van der Waals surface area contributed by atoms with Gasteiger partial charge in [-0.2, -0.15) is 0 Å². The van der Waals surface area contributed by atoms with Crippen molar-refractivity contribution in [3.8, 4) is 5.75 Å². The first-order chi connectivity index (χ1) is 14.4. The topological polar surface area (TPSA) is 79.0 Å². The Morgan fingerprint density at radius 1 is 1.10 bits per heavy atom. The molecule has 0 radical (unpaired) electrons. The number of imide groups is 1. The Morgan fingerprint density at radius 2 is 1.80 bits per heavy atom. The van der Waals surface area contributed by atoms with Crippen LogP contribution in [0, 0.1) is 6.92 Å². The van der Waals surface area contributed by atoms with Gasteiger partial charge in [0.05, 0.1) is 20.2 Å².